The number of carbonyl (C=O) groups excluding carboxylic acids is 1. The van der Waals surface area contributed by atoms with E-state index in [9.17, 15) is 13.2 Å². The minimum Gasteiger partial charge on any atom is -0.355 e. The van der Waals surface area contributed by atoms with Crippen LogP contribution in [0.2, 0.25) is 0 Å². The molecule has 1 saturated heterocycles. The Morgan fingerprint density at radius 2 is 1.96 bits per heavy atom. The standard InChI is InChI=1S/C15H23N3O3S.ClH/c16-10-4-5-11-17-15(19)14-9-6-12-18(14)22(20,21)13-7-2-1-3-8-13;/h1-3,7-8,14H,4-6,9-12,16H2,(H,17,19);1H. The largest absolute Gasteiger partial charge is 0.355 e. The van der Waals surface area contributed by atoms with Crippen molar-refractivity contribution in [2.45, 2.75) is 36.6 Å². The van der Waals surface area contributed by atoms with Gasteiger partial charge in [0.05, 0.1) is 4.90 Å². The van der Waals surface area contributed by atoms with Gasteiger partial charge in [-0.05, 0) is 44.4 Å². The van der Waals surface area contributed by atoms with E-state index in [1.54, 1.807) is 30.3 Å². The minimum absolute atomic E-state index is 0. The molecule has 1 fully saturated rings. The number of rotatable bonds is 7. The summed E-state index contributed by atoms with van der Waals surface area (Å²) in [4.78, 5) is 12.5. The molecule has 0 aromatic heterocycles. The van der Waals surface area contributed by atoms with Crippen LogP contribution < -0.4 is 11.1 Å². The molecular weight excluding hydrogens is 338 g/mol. The van der Waals surface area contributed by atoms with Crippen molar-refractivity contribution in [3.05, 3.63) is 30.3 Å². The van der Waals surface area contributed by atoms with Gasteiger partial charge in [-0.15, -0.1) is 12.4 Å². The van der Waals surface area contributed by atoms with Crippen molar-refractivity contribution < 1.29 is 13.2 Å². The number of carbonyl (C=O) groups is 1. The lowest BCUT2D eigenvalue weighted by molar-refractivity contribution is -0.124. The highest BCUT2D eigenvalue weighted by atomic mass is 35.5. The van der Waals surface area contributed by atoms with Crippen LogP contribution in [0.15, 0.2) is 35.2 Å². The Kier molecular flexibility index (Phi) is 7.98. The van der Waals surface area contributed by atoms with Crippen molar-refractivity contribution in [2.75, 3.05) is 19.6 Å². The van der Waals surface area contributed by atoms with Crippen molar-refractivity contribution in [3.63, 3.8) is 0 Å². The van der Waals surface area contributed by atoms with E-state index in [-0.39, 0.29) is 23.2 Å². The Morgan fingerprint density at radius 3 is 2.61 bits per heavy atom. The number of sulfonamides is 1. The second-order valence-corrected chi connectivity index (χ2v) is 7.26. The number of hydrogen-bond donors (Lipinski definition) is 2. The number of benzene rings is 1. The van der Waals surface area contributed by atoms with Crippen LogP contribution in [0.3, 0.4) is 0 Å². The van der Waals surface area contributed by atoms with E-state index in [1.165, 1.54) is 4.31 Å². The zero-order chi connectivity index (χ0) is 16.0. The Labute approximate surface area is 143 Å². The van der Waals surface area contributed by atoms with Crippen molar-refractivity contribution in [1.29, 1.82) is 0 Å². The molecule has 0 radical (unpaired) electrons. The van der Waals surface area contributed by atoms with Crippen LogP contribution in [0, 0.1) is 0 Å². The van der Waals surface area contributed by atoms with E-state index in [4.69, 9.17) is 5.73 Å². The van der Waals surface area contributed by atoms with E-state index in [0.29, 0.717) is 32.5 Å². The zero-order valence-electron chi connectivity index (χ0n) is 13.0. The van der Waals surface area contributed by atoms with E-state index < -0.39 is 16.1 Å². The molecule has 1 amide bonds. The highest BCUT2D eigenvalue weighted by Gasteiger charge is 2.39. The van der Waals surface area contributed by atoms with E-state index in [0.717, 1.165) is 12.8 Å². The average Bonchev–Trinajstić information content (AvgIpc) is 3.03. The number of nitrogens with two attached hydrogens (primary N) is 1. The lowest BCUT2D eigenvalue weighted by atomic mass is 10.2. The van der Waals surface area contributed by atoms with Crippen molar-refractivity contribution in [3.8, 4) is 0 Å². The summed E-state index contributed by atoms with van der Waals surface area (Å²) in [5, 5.41) is 2.81. The smallest absolute Gasteiger partial charge is 0.243 e. The second-order valence-electron chi connectivity index (χ2n) is 5.37. The number of amides is 1. The van der Waals surface area contributed by atoms with Gasteiger partial charge in [-0.3, -0.25) is 4.79 Å². The SMILES string of the molecule is Cl.NCCCCNC(=O)C1CCCN1S(=O)(=O)c1ccccc1. The summed E-state index contributed by atoms with van der Waals surface area (Å²) >= 11 is 0. The third-order valence-electron chi connectivity index (χ3n) is 3.79. The van der Waals surface area contributed by atoms with Crippen molar-refractivity contribution in [1.82, 2.24) is 9.62 Å². The molecule has 23 heavy (non-hydrogen) atoms. The van der Waals surface area contributed by atoms with Crippen LogP contribution in [0.25, 0.3) is 0 Å². The van der Waals surface area contributed by atoms with Crippen LogP contribution in [-0.4, -0.2) is 44.3 Å². The predicted molar refractivity (Wildman–Crippen MR) is 91.9 cm³/mol. The van der Waals surface area contributed by atoms with Gasteiger partial charge in [-0.1, -0.05) is 18.2 Å². The third-order valence-corrected chi connectivity index (χ3v) is 5.71. The third kappa shape index (κ3) is 4.91. The summed E-state index contributed by atoms with van der Waals surface area (Å²) in [6, 6.07) is 7.65. The number of unbranched alkanes of at least 4 members (excludes halogenated alkanes) is 1. The quantitative estimate of drug-likeness (QED) is 0.712. The predicted octanol–water partition coefficient (Wildman–Crippen LogP) is 1.12. The molecule has 6 nitrogen and oxygen atoms in total. The summed E-state index contributed by atoms with van der Waals surface area (Å²) < 4.78 is 26.6. The van der Waals surface area contributed by atoms with Gasteiger partial charge in [0.25, 0.3) is 0 Å². The Bertz CT molecular complexity index is 595. The summed E-state index contributed by atoms with van der Waals surface area (Å²) in [7, 11) is -3.62. The van der Waals surface area contributed by atoms with Crippen molar-refractivity contribution in [2.24, 2.45) is 5.73 Å². The lowest BCUT2D eigenvalue weighted by Gasteiger charge is -2.23. The summed E-state index contributed by atoms with van der Waals surface area (Å²) in [6.45, 7) is 1.51. The van der Waals surface area contributed by atoms with Crippen molar-refractivity contribution >= 4 is 28.3 Å². The first kappa shape index (κ1) is 19.9. The van der Waals surface area contributed by atoms with E-state index in [2.05, 4.69) is 5.32 Å². The molecule has 1 unspecified atom stereocenters. The fourth-order valence-corrected chi connectivity index (χ4v) is 4.29. The van der Waals surface area contributed by atoms with Gasteiger partial charge in [-0.2, -0.15) is 4.31 Å². The number of nitrogens with one attached hydrogen (secondary N) is 1. The fraction of sp³-hybridized carbons (Fsp3) is 0.533. The first-order valence-corrected chi connectivity index (χ1v) is 9.06. The van der Waals surface area contributed by atoms with Crippen LogP contribution in [0.5, 0.6) is 0 Å². The van der Waals surface area contributed by atoms with Crippen LogP contribution in [0.4, 0.5) is 0 Å². The fourth-order valence-electron chi connectivity index (χ4n) is 2.62. The molecule has 0 bridgehead atoms. The maximum atomic E-state index is 12.7. The maximum Gasteiger partial charge on any atom is 0.243 e. The molecule has 130 valence electrons. The Balaban J connectivity index is 0.00000264. The molecular formula is C15H24ClN3O3S. The average molecular weight is 362 g/mol. The molecule has 3 N–H and O–H groups in total. The second kappa shape index (κ2) is 9.22. The molecule has 0 spiro atoms. The lowest BCUT2D eigenvalue weighted by Crippen LogP contribution is -2.46. The van der Waals surface area contributed by atoms with Crippen LogP contribution in [0.1, 0.15) is 25.7 Å². The summed E-state index contributed by atoms with van der Waals surface area (Å²) in [5.41, 5.74) is 5.41. The summed E-state index contributed by atoms with van der Waals surface area (Å²) in [5.74, 6) is -0.214. The Hall–Kier alpha value is -1.15. The number of halogens is 1. The van der Waals surface area contributed by atoms with Gasteiger partial charge in [0.15, 0.2) is 0 Å². The Morgan fingerprint density at radius 1 is 1.26 bits per heavy atom. The normalized spacial score (nSPS) is 18.4. The topological polar surface area (TPSA) is 92.5 Å². The molecule has 1 heterocycles. The molecule has 0 aliphatic carbocycles. The molecule has 1 aromatic carbocycles. The first-order valence-electron chi connectivity index (χ1n) is 7.62. The highest BCUT2D eigenvalue weighted by molar-refractivity contribution is 7.89. The highest BCUT2D eigenvalue weighted by Crippen LogP contribution is 2.26. The molecule has 0 saturated carbocycles. The molecule has 1 aliphatic heterocycles. The monoisotopic (exact) mass is 361 g/mol. The van der Waals surface area contributed by atoms with Gasteiger partial charge in [0.1, 0.15) is 6.04 Å². The van der Waals surface area contributed by atoms with Gasteiger partial charge in [-0.25, -0.2) is 8.42 Å². The van der Waals surface area contributed by atoms with E-state index in [1.807, 2.05) is 0 Å². The molecule has 8 heteroatoms. The molecule has 1 aromatic rings. The van der Waals surface area contributed by atoms with Crippen LogP contribution >= 0.6 is 12.4 Å². The van der Waals surface area contributed by atoms with Crippen LogP contribution in [-0.2, 0) is 14.8 Å². The van der Waals surface area contributed by atoms with E-state index >= 15 is 0 Å². The minimum atomic E-state index is -3.62. The molecule has 1 atom stereocenters. The van der Waals surface area contributed by atoms with Gasteiger partial charge >= 0.3 is 0 Å². The zero-order valence-corrected chi connectivity index (χ0v) is 14.6. The first-order chi connectivity index (χ1) is 10.6. The molecule has 1 aliphatic rings. The number of hydrogen-bond acceptors (Lipinski definition) is 4. The number of nitrogens with zero attached hydrogens (tertiary/aromatic N) is 1. The van der Waals surface area contributed by atoms with Gasteiger partial charge in [0.2, 0.25) is 15.9 Å². The summed E-state index contributed by atoms with van der Waals surface area (Å²) in [6.07, 6.45) is 2.92. The molecule has 2 rings (SSSR count). The maximum absolute atomic E-state index is 12.7. The van der Waals surface area contributed by atoms with Gasteiger partial charge in [0, 0.05) is 13.1 Å². The van der Waals surface area contributed by atoms with Gasteiger partial charge < -0.3 is 11.1 Å².